The molecule has 1 atom stereocenters. The first kappa shape index (κ1) is 18.7. The Bertz CT molecular complexity index is 467. The van der Waals surface area contributed by atoms with Crippen molar-refractivity contribution in [1.29, 1.82) is 0 Å². The van der Waals surface area contributed by atoms with Crippen LogP contribution < -0.4 is 0 Å². The Hall–Kier alpha value is -1.32. The van der Waals surface area contributed by atoms with E-state index in [9.17, 15) is 5.11 Å². The topological polar surface area (TPSA) is 29.5 Å². The van der Waals surface area contributed by atoms with Crippen molar-refractivity contribution in [2.75, 3.05) is 0 Å². The monoisotopic (exact) mass is 318 g/mol. The van der Waals surface area contributed by atoms with Gasteiger partial charge in [0.25, 0.3) is 0 Å². The zero-order chi connectivity index (χ0) is 16.4. The molecule has 0 spiro atoms. The van der Waals surface area contributed by atoms with Gasteiger partial charge in [-0.1, -0.05) is 57.2 Å². The highest BCUT2D eigenvalue weighted by Crippen LogP contribution is 2.22. The van der Waals surface area contributed by atoms with Gasteiger partial charge >= 0.3 is 0 Å². The quantitative estimate of drug-likeness (QED) is 0.489. The third-order valence-corrected chi connectivity index (χ3v) is 8.93. The minimum atomic E-state index is -1.56. The van der Waals surface area contributed by atoms with Crippen molar-refractivity contribution in [3.05, 3.63) is 53.8 Å². The van der Waals surface area contributed by atoms with Gasteiger partial charge in [-0.05, 0) is 48.7 Å². The molecule has 1 rings (SSSR count). The first-order chi connectivity index (χ1) is 10.6. The summed E-state index contributed by atoms with van der Waals surface area (Å²) in [6.45, 7) is 8.62. The maximum absolute atomic E-state index is 10.2. The van der Waals surface area contributed by atoms with E-state index >= 15 is 0 Å². The summed E-state index contributed by atoms with van der Waals surface area (Å²) in [5.74, 6) is 0. The average molecular weight is 319 g/mol. The highest BCUT2D eigenvalue weighted by atomic mass is 28.4. The predicted molar refractivity (Wildman–Crippen MR) is 98.1 cm³/mol. The predicted octanol–water partition coefficient (Wildman–Crippen LogP) is 5.38. The van der Waals surface area contributed by atoms with Gasteiger partial charge in [-0.25, -0.2) is 0 Å². The molecule has 122 valence electrons. The largest absolute Gasteiger partial charge is 0.549 e. The SMILES string of the molecule is CC[Si](CC)(CC)O/C=C/CC(O)/C(C)=C/c1ccccc1. The average Bonchev–Trinajstić information content (AvgIpc) is 2.56. The molecule has 0 aliphatic rings. The minimum absolute atomic E-state index is 0.457. The van der Waals surface area contributed by atoms with E-state index in [4.69, 9.17) is 4.43 Å². The van der Waals surface area contributed by atoms with Crippen LogP contribution in [0.5, 0.6) is 0 Å². The van der Waals surface area contributed by atoms with E-state index in [1.165, 1.54) is 0 Å². The van der Waals surface area contributed by atoms with Crippen molar-refractivity contribution in [2.24, 2.45) is 0 Å². The van der Waals surface area contributed by atoms with Gasteiger partial charge in [-0.15, -0.1) is 0 Å². The molecule has 3 heteroatoms. The second-order valence-electron chi connectivity index (χ2n) is 5.78. The van der Waals surface area contributed by atoms with Crippen LogP contribution in [-0.4, -0.2) is 19.5 Å². The van der Waals surface area contributed by atoms with E-state index < -0.39 is 14.4 Å². The Morgan fingerprint density at radius 3 is 2.27 bits per heavy atom. The summed E-state index contributed by atoms with van der Waals surface area (Å²) in [7, 11) is -1.56. The number of rotatable bonds is 9. The molecule has 0 saturated carbocycles. The molecule has 0 aliphatic carbocycles. The number of benzene rings is 1. The number of aliphatic hydroxyl groups is 1. The van der Waals surface area contributed by atoms with Crippen LogP contribution in [0.3, 0.4) is 0 Å². The fourth-order valence-electron chi connectivity index (χ4n) is 2.47. The van der Waals surface area contributed by atoms with Crippen molar-refractivity contribution < 1.29 is 9.53 Å². The maximum Gasteiger partial charge on any atom is 0.249 e. The lowest BCUT2D eigenvalue weighted by molar-refractivity contribution is 0.214. The third kappa shape index (κ3) is 5.82. The highest BCUT2D eigenvalue weighted by Gasteiger charge is 2.28. The van der Waals surface area contributed by atoms with Gasteiger partial charge in [0.1, 0.15) is 0 Å². The molecule has 0 saturated heterocycles. The Labute approximate surface area is 136 Å². The zero-order valence-electron chi connectivity index (χ0n) is 14.4. The van der Waals surface area contributed by atoms with Crippen molar-refractivity contribution in [2.45, 2.75) is 58.4 Å². The summed E-state index contributed by atoms with van der Waals surface area (Å²) in [5, 5.41) is 10.2. The molecule has 1 unspecified atom stereocenters. The van der Waals surface area contributed by atoms with Crippen molar-refractivity contribution in [3.63, 3.8) is 0 Å². The van der Waals surface area contributed by atoms with Gasteiger partial charge < -0.3 is 9.53 Å². The summed E-state index contributed by atoms with van der Waals surface area (Å²) < 4.78 is 6.05. The lowest BCUT2D eigenvalue weighted by Crippen LogP contribution is -2.33. The summed E-state index contributed by atoms with van der Waals surface area (Å²) in [6, 6.07) is 13.5. The van der Waals surface area contributed by atoms with Crippen molar-refractivity contribution in [3.8, 4) is 0 Å². The highest BCUT2D eigenvalue weighted by molar-refractivity contribution is 6.73. The molecular formula is C19H30O2Si. The summed E-state index contributed by atoms with van der Waals surface area (Å²) in [6.07, 6.45) is 5.94. The molecule has 1 aromatic carbocycles. The van der Waals surface area contributed by atoms with Gasteiger partial charge in [-0.2, -0.15) is 0 Å². The van der Waals surface area contributed by atoms with Crippen LogP contribution in [0.25, 0.3) is 6.08 Å². The van der Waals surface area contributed by atoms with E-state index in [2.05, 4.69) is 20.8 Å². The standard InChI is InChI=1S/C19H30O2Si/c1-5-22(6-2,7-3)21-15-11-14-19(20)17(4)16-18-12-9-8-10-13-18/h8-13,15-16,19-20H,5-7,14H2,1-4H3/b15-11+,17-16+. The van der Waals surface area contributed by atoms with Crippen LogP contribution in [0.2, 0.25) is 18.1 Å². The third-order valence-electron chi connectivity index (χ3n) is 4.43. The summed E-state index contributed by atoms with van der Waals surface area (Å²) in [4.78, 5) is 0. The molecule has 0 amide bonds. The molecule has 22 heavy (non-hydrogen) atoms. The molecule has 1 aromatic rings. The van der Waals surface area contributed by atoms with Crippen LogP contribution in [0, 0.1) is 0 Å². The van der Waals surface area contributed by atoms with Crippen molar-refractivity contribution >= 4 is 14.4 Å². The molecule has 0 heterocycles. The van der Waals surface area contributed by atoms with Gasteiger partial charge in [-0.3, -0.25) is 0 Å². The van der Waals surface area contributed by atoms with E-state index in [0.717, 1.165) is 29.3 Å². The zero-order valence-corrected chi connectivity index (χ0v) is 15.4. The lowest BCUT2D eigenvalue weighted by atomic mass is 10.1. The molecule has 0 radical (unpaired) electrons. The van der Waals surface area contributed by atoms with Crippen LogP contribution >= 0.6 is 0 Å². The van der Waals surface area contributed by atoms with Crippen molar-refractivity contribution in [1.82, 2.24) is 0 Å². The van der Waals surface area contributed by atoms with Gasteiger partial charge in [0, 0.05) is 0 Å². The summed E-state index contributed by atoms with van der Waals surface area (Å²) in [5.41, 5.74) is 2.09. The second-order valence-corrected chi connectivity index (χ2v) is 10.5. The fraction of sp³-hybridized carbons (Fsp3) is 0.474. The second kappa shape index (κ2) is 9.64. The van der Waals surface area contributed by atoms with E-state index in [0.29, 0.717) is 6.42 Å². The number of hydrogen-bond acceptors (Lipinski definition) is 2. The smallest absolute Gasteiger partial charge is 0.249 e. The Morgan fingerprint density at radius 1 is 1.14 bits per heavy atom. The summed E-state index contributed by atoms with van der Waals surface area (Å²) >= 11 is 0. The first-order valence-electron chi connectivity index (χ1n) is 8.31. The normalized spacial score (nSPS) is 14.3. The lowest BCUT2D eigenvalue weighted by Gasteiger charge is -2.26. The molecule has 0 aromatic heterocycles. The molecule has 2 nitrogen and oxygen atoms in total. The molecule has 0 fully saturated rings. The molecule has 0 aliphatic heterocycles. The van der Waals surface area contributed by atoms with E-state index in [1.807, 2.05) is 55.7 Å². The first-order valence-corrected chi connectivity index (χ1v) is 10.8. The van der Waals surface area contributed by atoms with Gasteiger partial charge in [0.05, 0.1) is 12.4 Å². The van der Waals surface area contributed by atoms with Gasteiger partial charge in [0.15, 0.2) is 0 Å². The van der Waals surface area contributed by atoms with Crippen LogP contribution in [0.15, 0.2) is 48.2 Å². The number of aliphatic hydroxyl groups excluding tert-OH is 1. The maximum atomic E-state index is 10.2. The minimum Gasteiger partial charge on any atom is -0.549 e. The number of hydrogen-bond donors (Lipinski definition) is 1. The van der Waals surface area contributed by atoms with E-state index in [1.54, 1.807) is 0 Å². The van der Waals surface area contributed by atoms with Crippen LogP contribution in [0.1, 0.15) is 39.7 Å². The van der Waals surface area contributed by atoms with E-state index in [-0.39, 0.29) is 0 Å². The Morgan fingerprint density at radius 2 is 1.73 bits per heavy atom. The molecule has 1 N–H and O–H groups in total. The fourth-order valence-corrected chi connectivity index (χ4v) is 4.86. The Kier molecular flexibility index (Phi) is 8.21. The molecular weight excluding hydrogens is 288 g/mol. The van der Waals surface area contributed by atoms with Gasteiger partial charge in [0.2, 0.25) is 8.32 Å². The van der Waals surface area contributed by atoms with Crippen LogP contribution in [0.4, 0.5) is 0 Å². The Balaban J connectivity index is 2.53. The molecule has 0 bridgehead atoms. The van der Waals surface area contributed by atoms with Crippen LogP contribution in [-0.2, 0) is 4.43 Å².